The first-order chi connectivity index (χ1) is 13.9. The molecule has 4 heterocycles. The van der Waals surface area contributed by atoms with E-state index in [4.69, 9.17) is 0 Å². The molecule has 29 heavy (non-hydrogen) atoms. The van der Waals surface area contributed by atoms with E-state index in [1.54, 1.807) is 42.6 Å². The Labute approximate surface area is 168 Å². The van der Waals surface area contributed by atoms with Crippen molar-refractivity contribution in [2.45, 2.75) is 33.4 Å². The Bertz CT molecular complexity index is 1120. The lowest BCUT2D eigenvalue weighted by Gasteiger charge is -2.09. The predicted octanol–water partition coefficient (Wildman–Crippen LogP) is 2.82. The number of amides is 1. The Hall–Kier alpha value is -3.52. The number of rotatable bonds is 5. The lowest BCUT2D eigenvalue weighted by molar-refractivity contribution is -0.110. The topological polar surface area (TPSA) is 105 Å². The number of aliphatic hydroxyl groups is 1. The minimum atomic E-state index is -0.489. The highest BCUT2D eigenvalue weighted by Gasteiger charge is 2.27. The number of hydrogen-bond donors (Lipinski definition) is 3. The minimum Gasteiger partial charge on any atom is -0.391 e. The van der Waals surface area contributed by atoms with Crippen molar-refractivity contribution in [3.8, 4) is 11.3 Å². The third-order valence-corrected chi connectivity index (χ3v) is 4.75. The quantitative estimate of drug-likeness (QED) is 0.579. The van der Waals surface area contributed by atoms with Crippen LogP contribution in [0.15, 0.2) is 48.8 Å². The van der Waals surface area contributed by atoms with Gasteiger partial charge in [0.25, 0.3) is 5.91 Å². The summed E-state index contributed by atoms with van der Waals surface area (Å²) in [5.41, 5.74) is 6.25. The van der Waals surface area contributed by atoms with Crippen molar-refractivity contribution in [2.75, 3.05) is 10.6 Å². The van der Waals surface area contributed by atoms with Gasteiger partial charge < -0.3 is 15.7 Å². The highest BCUT2D eigenvalue weighted by Crippen LogP contribution is 2.36. The van der Waals surface area contributed by atoms with Gasteiger partial charge in [0.2, 0.25) is 0 Å². The van der Waals surface area contributed by atoms with Crippen LogP contribution in [-0.2, 0) is 11.3 Å². The average Bonchev–Trinajstić information content (AvgIpc) is 3.23. The van der Waals surface area contributed by atoms with Gasteiger partial charge in [0, 0.05) is 35.4 Å². The van der Waals surface area contributed by atoms with Crippen LogP contribution >= 0.6 is 0 Å². The van der Waals surface area contributed by atoms with Gasteiger partial charge >= 0.3 is 0 Å². The van der Waals surface area contributed by atoms with Gasteiger partial charge in [-0.1, -0.05) is 0 Å². The van der Waals surface area contributed by atoms with E-state index in [1.807, 2.05) is 26.0 Å². The number of allylic oxidation sites excluding steroid dienone is 1. The second kappa shape index (κ2) is 7.48. The molecule has 0 spiro atoms. The molecule has 0 bridgehead atoms. The molecule has 1 aliphatic rings. The second-order valence-corrected chi connectivity index (χ2v) is 7.18. The lowest BCUT2D eigenvalue weighted by Crippen LogP contribution is -2.11. The molecular weight excluding hydrogens is 368 g/mol. The van der Waals surface area contributed by atoms with Crippen LogP contribution in [0.3, 0.4) is 0 Å². The lowest BCUT2D eigenvalue weighted by atomic mass is 10.0. The van der Waals surface area contributed by atoms with Crippen LogP contribution in [0, 0.1) is 6.92 Å². The van der Waals surface area contributed by atoms with Crippen molar-refractivity contribution >= 4 is 22.9 Å². The molecule has 0 aliphatic carbocycles. The summed E-state index contributed by atoms with van der Waals surface area (Å²) < 4.78 is 1.65. The number of pyridine rings is 2. The number of nitrogens with one attached hydrogen (secondary N) is 2. The normalized spacial score (nSPS) is 15.7. The molecule has 8 heteroatoms. The number of anilines is 2. The van der Waals surface area contributed by atoms with Crippen molar-refractivity contribution < 1.29 is 9.90 Å². The van der Waals surface area contributed by atoms with Crippen LogP contribution in [0.5, 0.6) is 0 Å². The third kappa shape index (κ3) is 3.74. The van der Waals surface area contributed by atoms with Gasteiger partial charge in [0.15, 0.2) is 0 Å². The van der Waals surface area contributed by atoms with E-state index < -0.39 is 6.10 Å². The predicted molar refractivity (Wildman–Crippen MR) is 111 cm³/mol. The van der Waals surface area contributed by atoms with Crippen LogP contribution in [0.1, 0.15) is 25.0 Å². The third-order valence-electron chi connectivity index (χ3n) is 4.75. The molecule has 1 aliphatic heterocycles. The summed E-state index contributed by atoms with van der Waals surface area (Å²) in [4.78, 5) is 21.3. The molecule has 3 aromatic heterocycles. The van der Waals surface area contributed by atoms with Crippen molar-refractivity contribution in [3.05, 3.63) is 59.9 Å². The maximum atomic E-state index is 12.6. The SMILES string of the molecule is C/C(Nc1cnn(C[C@@H](C)O)c1)=C1/C(=O)Nc2cnc(-c3cnccc3C)cc21. The number of nitrogens with zero attached hydrogens (tertiary/aromatic N) is 4. The van der Waals surface area contributed by atoms with Crippen molar-refractivity contribution in [1.29, 1.82) is 0 Å². The zero-order chi connectivity index (χ0) is 20.5. The summed E-state index contributed by atoms with van der Waals surface area (Å²) in [5.74, 6) is -0.178. The summed E-state index contributed by atoms with van der Waals surface area (Å²) in [6.07, 6.45) is 8.17. The summed E-state index contributed by atoms with van der Waals surface area (Å²) in [5, 5.41) is 19.8. The van der Waals surface area contributed by atoms with E-state index in [0.29, 0.717) is 23.5 Å². The standard InChI is InChI=1S/C21H22N6O2/c1-12-4-5-22-8-17(12)18-6-16-19(9-23-18)26-21(29)20(16)14(3)25-15-7-24-27(11-15)10-13(2)28/h4-9,11,13,25,28H,10H2,1-3H3,(H,26,29)/b20-14-/t13-/m1/s1. The zero-order valence-electron chi connectivity index (χ0n) is 16.5. The number of carbonyl (C=O) groups is 1. The van der Waals surface area contributed by atoms with Gasteiger partial charge in [-0.05, 0) is 38.5 Å². The van der Waals surface area contributed by atoms with Crippen molar-refractivity contribution in [1.82, 2.24) is 19.7 Å². The zero-order valence-corrected chi connectivity index (χ0v) is 16.5. The Balaban J connectivity index is 1.68. The summed E-state index contributed by atoms with van der Waals surface area (Å²) in [7, 11) is 0. The van der Waals surface area contributed by atoms with E-state index in [0.717, 1.165) is 28.1 Å². The highest BCUT2D eigenvalue weighted by atomic mass is 16.3. The maximum absolute atomic E-state index is 12.6. The van der Waals surface area contributed by atoms with Crippen molar-refractivity contribution in [2.24, 2.45) is 0 Å². The molecular formula is C21H22N6O2. The highest BCUT2D eigenvalue weighted by molar-refractivity contribution is 6.32. The molecule has 8 nitrogen and oxygen atoms in total. The first-order valence-electron chi connectivity index (χ1n) is 9.33. The summed E-state index contributed by atoms with van der Waals surface area (Å²) in [6.45, 7) is 5.97. The Morgan fingerprint density at radius 2 is 2.14 bits per heavy atom. The van der Waals surface area contributed by atoms with E-state index >= 15 is 0 Å². The molecule has 3 N–H and O–H groups in total. The van der Waals surface area contributed by atoms with Gasteiger partial charge in [0.05, 0.1) is 47.7 Å². The van der Waals surface area contributed by atoms with E-state index in [-0.39, 0.29) is 5.91 Å². The molecule has 0 saturated heterocycles. The van der Waals surface area contributed by atoms with Gasteiger partial charge in [0.1, 0.15) is 0 Å². The van der Waals surface area contributed by atoms with E-state index in [2.05, 4.69) is 25.7 Å². The average molecular weight is 390 g/mol. The summed E-state index contributed by atoms with van der Waals surface area (Å²) >= 11 is 0. The van der Waals surface area contributed by atoms with Gasteiger partial charge in [-0.2, -0.15) is 5.10 Å². The molecule has 0 unspecified atom stereocenters. The fourth-order valence-corrected chi connectivity index (χ4v) is 3.40. The number of aromatic nitrogens is 4. The first kappa shape index (κ1) is 18.8. The number of carbonyl (C=O) groups excluding carboxylic acids is 1. The van der Waals surface area contributed by atoms with Crippen LogP contribution in [0.2, 0.25) is 0 Å². The molecule has 0 fully saturated rings. The Kier molecular flexibility index (Phi) is 4.85. The van der Waals surface area contributed by atoms with Crippen LogP contribution in [-0.4, -0.2) is 36.9 Å². The number of aryl methyl sites for hydroxylation is 1. The van der Waals surface area contributed by atoms with Gasteiger partial charge in [-0.15, -0.1) is 0 Å². The molecule has 0 aromatic carbocycles. The number of hydrogen-bond acceptors (Lipinski definition) is 6. The summed E-state index contributed by atoms with van der Waals surface area (Å²) in [6, 6.07) is 3.84. The smallest absolute Gasteiger partial charge is 0.258 e. The monoisotopic (exact) mass is 390 g/mol. The molecule has 0 radical (unpaired) electrons. The van der Waals surface area contributed by atoms with Gasteiger partial charge in [-0.25, -0.2) is 0 Å². The molecule has 148 valence electrons. The fourth-order valence-electron chi connectivity index (χ4n) is 3.40. The van der Waals surface area contributed by atoms with Crippen LogP contribution < -0.4 is 10.6 Å². The van der Waals surface area contributed by atoms with Crippen LogP contribution in [0.25, 0.3) is 16.8 Å². The Morgan fingerprint density at radius 3 is 2.90 bits per heavy atom. The van der Waals surface area contributed by atoms with E-state index in [1.165, 1.54) is 0 Å². The Morgan fingerprint density at radius 1 is 1.31 bits per heavy atom. The molecule has 4 rings (SSSR count). The van der Waals surface area contributed by atoms with Crippen LogP contribution in [0.4, 0.5) is 11.4 Å². The number of aliphatic hydroxyl groups excluding tert-OH is 1. The molecule has 0 saturated carbocycles. The van der Waals surface area contributed by atoms with Crippen molar-refractivity contribution in [3.63, 3.8) is 0 Å². The molecule has 1 atom stereocenters. The number of fused-ring (bicyclic) bond motifs is 1. The second-order valence-electron chi connectivity index (χ2n) is 7.18. The first-order valence-corrected chi connectivity index (χ1v) is 9.33. The fraction of sp³-hybridized carbons (Fsp3) is 0.238. The largest absolute Gasteiger partial charge is 0.391 e. The molecule has 1 amide bonds. The minimum absolute atomic E-state index is 0.178. The molecule has 3 aromatic rings. The maximum Gasteiger partial charge on any atom is 0.258 e. The van der Waals surface area contributed by atoms with Gasteiger partial charge in [-0.3, -0.25) is 19.4 Å². The van der Waals surface area contributed by atoms with E-state index in [9.17, 15) is 9.90 Å².